The van der Waals surface area contributed by atoms with Crippen LogP contribution in [0.4, 0.5) is 0 Å². The third-order valence-electron chi connectivity index (χ3n) is 23.0. The molecule has 0 amide bonds. The molecule has 0 aliphatic carbocycles. The summed E-state index contributed by atoms with van der Waals surface area (Å²) in [5.74, 6) is 5.61. The van der Waals surface area contributed by atoms with Crippen LogP contribution in [-0.2, 0) is 0 Å². The largest absolute Gasteiger partial charge is 0.255 e. The highest BCUT2D eigenvalue weighted by Crippen LogP contribution is 2.40. The van der Waals surface area contributed by atoms with Crippen molar-refractivity contribution in [2.75, 3.05) is 0 Å². The van der Waals surface area contributed by atoms with Crippen molar-refractivity contribution in [3.05, 3.63) is 478 Å². The van der Waals surface area contributed by atoms with Crippen molar-refractivity contribution in [1.29, 1.82) is 0 Å². The second-order valence-corrected chi connectivity index (χ2v) is 32.5. The van der Waals surface area contributed by atoms with E-state index in [1.807, 2.05) is 243 Å². The maximum absolute atomic E-state index is 5.18. The molecule has 0 bridgehead atoms. The van der Waals surface area contributed by atoms with Gasteiger partial charge in [0.15, 0.2) is 52.4 Å². The summed E-state index contributed by atoms with van der Waals surface area (Å²) in [6, 6.07) is 155. The summed E-state index contributed by atoms with van der Waals surface area (Å²) in [5.41, 5.74) is 29.7. The third kappa shape index (κ3) is 19.7. The lowest BCUT2D eigenvalue weighted by molar-refractivity contribution is 1.07. The van der Waals surface area contributed by atoms with Crippen LogP contribution in [0.15, 0.2) is 461 Å². The maximum Gasteiger partial charge on any atom is 0.164 e. The molecule has 7 heterocycles. The summed E-state index contributed by atoms with van der Waals surface area (Å²) in [5, 5.41) is 2.41. The van der Waals surface area contributed by atoms with Crippen LogP contribution in [0.3, 0.4) is 0 Å². The minimum absolute atomic E-state index is 0.601. The van der Waals surface area contributed by atoms with Gasteiger partial charge in [-0.1, -0.05) is 362 Å². The van der Waals surface area contributed by atoms with Crippen LogP contribution >= 0.6 is 0 Å². The Labute approximate surface area is 772 Å². The molecule has 22 aromatic rings. The predicted molar refractivity (Wildman–Crippen MR) is 540 cm³/mol. The number of rotatable bonds is 18. The maximum atomic E-state index is 5.18. The van der Waals surface area contributed by atoms with Crippen LogP contribution in [0.1, 0.15) is 16.7 Å². The summed E-state index contributed by atoms with van der Waals surface area (Å²) in [4.78, 5) is 64.5. The van der Waals surface area contributed by atoms with E-state index in [2.05, 4.69) is 238 Å². The zero-order valence-corrected chi connectivity index (χ0v) is 73.2. The number of aryl methyl sites for hydroxylation is 3. The number of aromatic nitrogens is 13. The smallest absolute Gasteiger partial charge is 0.164 e. The highest BCUT2D eigenvalue weighted by Gasteiger charge is 2.22. The first-order chi connectivity index (χ1) is 65.5. The number of pyridine rings is 4. The second-order valence-electron chi connectivity index (χ2n) is 32.5. The Hall–Kier alpha value is -17.8. The molecule has 630 valence electrons. The molecule has 0 aliphatic heterocycles. The summed E-state index contributed by atoms with van der Waals surface area (Å²) in [7, 11) is 0. The molecule has 0 N–H and O–H groups in total. The topological polar surface area (TPSA) is 168 Å². The monoisotopic (exact) mass is 1710 g/mol. The standard InChI is InChI=1S/C43H30N4.C39H28N4.C38H27N5/c1-29-19-21-31(22-20-29)36-26-37(40-18-10-17-39(44-40)35-24-23-30-11-8-9-16-34(30)25-35)28-38(27-36)43-46-41(32-12-4-2-5-13-32)45-42(47-43)33-14-6-3-7-15-33;1-27-20-22-28(23-21-27)32-24-33(36-19-11-18-35(40-36)29-12-5-2-6-13-29)26-34(25-32)39-42-37(30-14-7-3-8-15-30)41-38(43-39)31-16-9-4-10-17-31;1-26-18-20-27(21-19-26)30-23-31(33-16-10-17-35(40-33)34-15-8-9-22-39-34)25-32(24-30)38-42-36(28-11-4-2-5-12-28)41-37(43-38)29-13-6-3-7-14-29/h2-28H,1H3;2-26H,1H3;2-25H,1H3. The molecule has 133 heavy (non-hydrogen) atoms. The van der Waals surface area contributed by atoms with E-state index < -0.39 is 0 Å². The van der Waals surface area contributed by atoms with Crippen molar-refractivity contribution in [3.63, 3.8) is 0 Å². The highest BCUT2D eigenvalue weighted by atomic mass is 15.1. The van der Waals surface area contributed by atoms with E-state index in [-0.39, 0.29) is 0 Å². The van der Waals surface area contributed by atoms with Crippen molar-refractivity contribution in [3.8, 4) is 204 Å². The van der Waals surface area contributed by atoms with Gasteiger partial charge in [0.25, 0.3) is 0 Å². The van der Waals surface area contributed by atoms with Gasteiger partial charge in [-0.25, -0.2) is 59.8 Å². The van der Waals surface area contributed by atoms with Gasteiger partial charge in [-0.05, 0) is 174 Å². The zero-order chi connectivity index (χ0) is 89.6. The highest BCUT2D eigenvalue weighted by molar-refractivity contribution is 5.89. The van der Waals surface area contributed by atoms with Gasteiger partial charge >= 0.3 is 0 Å². The quantitative estimate of drug-likeness (QED) is 0.0797. The van der Waals surface area contributed by atoms with Crippen LogP contribution in [-0.4, -0.2) is 64.8 Å². The number of benzene rings is 15. The molecule has 0 saturated heterocycles. The number of hydrogen-bond donors (Lipinski definition) is 0. The zero-order valence-electron chi connectivity index (χ0n) is 73.2. The molecule has 0 saturated carbocycles. The summed E-state index contributed by atoms with van der Waals surface area (Å²) < 4.78 is 0. The Balaban J connectivity index is 0.000000124. The third-order valence-corrected chi connectivity index (χ3v) is 23.0. The van der Waals surface area contributed by atoms with E-state index in [1.165, 1.54) is 27.5 Å². The van der Waals surface area contributed by atoms with Gasteiger partial charge in [-0.2, -0.15) is 0 Å². The van der Waals surface area contributed by atoms with E-state index in [9.17, 15) is 0 Å². The fraction of sp³-hybridized carbons (Fsp3) is 0.0250. The SMILES string of the molecule is Cc1ccc(-c2cc(-c3cccc(-c4ccc5ccccc5c4)n3)cc(-c3nc(-c4ccccc4)nc(-c4ccccc4)n3)c2)cc1.Cc1ccc(-c2cc(-c3cccc(-c4ccccc4)n3)cc(-c3nc(-c4ccccc4)nc(-c4ccccc4)n3)c2)cc1.Cc1ccc(-c2cc(-c3cccc(-c4ccccn4)n3)cc(-c3nc(-c4ccccc4)nc(-c4ccccc4)n3)c2)cc1. The minimum atomic E-state index is 0.601. The number of nitrogens with zero attached hydrogens (tertiary/aromatic N) is 13. The number of fused-ring (bicyclic) bond motifs is 1. The fourth-order valence-electron chi connectivity index (χ4n) is 16.0. The first-order valence-corrected chi connectivity index (χ1v) is 44.2. The summed E-state index contributed by atoms with van der Waals surface area (Å²) in [6.45, 7) is 6.31. The predicted octanol–water partition coefficient (Wildman–Crippen LogP) is 29.3. The molecule has 0 atom stereocenters. The van der Waals surface area contributed by atoms with Gasteiger partial charge in [-0.15, -0.1) is 0 Å². The molecule has 0 aliphatic rings. The molecular formula is C120H85N13. The van der Waals surface area contributed by atoms with Crippen molar-refractivity contribution in [1.82, 2.24) is 64.8 Å². The molecule has 0 spiro atoms. The second kappa shape index (κ2) is 38.8. The van der Waals surface area contributed by atoms with Gasteiger partial charge < -0.3 is 0 Å². The molecule has 0 fully saturated rings. The van der Waals surface area contributed by atoms with Crippen molar-refractivity contribution in [2.24, 2.45) is 0 Å². The Morgan fingerprint density at radius 2 is 0.346 bits per heavy atom. The Kier molecular flexibility index (Phi) is 24.3. The first-order valence-electron chi connectivity index (χ1n) is 44.2. The molecule has 22 rings (SSSR count). The average Bonchev–Trinajstić information content (AvgIpc) is 0.785. The van der Waals surface area contributed by atoms with E-state index >= 15 is 0 Å². The summed E-state index contributed by atoms with van der Waals surface area (Å²) >= 11 is 0. The Morgan fingerprint density at radius 1 is 0.120 bits per heavy atom. The van der Waals surface area contributed by atoms with Crippen LogP contribution in [0, 0.1) is 20.8 Å². The van der Waals surface area contributed by atoms with Gasteiger partial charge in [0.2, 0.25) is 0 Å². The molecule has 0 unspecified atom stereocenters. The average molecular weight is 1710 g/mol. The van der Waals surface area contributed by atoms with Gasteiger partial charge in [0, 0.05) is 84.1 Å². The Bertz CT molecular complexity index is 7370. The van der Waals surface area contributed by atoms with E-state index in [0.717, 1.165) is 151 Å². The van der Waals surface area contributed by atoms with Crippen LogP contribution in [0.25, 0.3) is 214 Å². The van der Waals surface area contributed by atoms with Crippen molar-refractivity contribution < 1.29 is 0 Å². The van der Waals surface area contributed by atoms with Gasteiger partial charge in [-0.3, -0.25) is 4.98 Å². The normalized spacial score (nSPS) is 11.0. The lowest BCUT2D eigenvalue weighted by Crippen LogP contribution is -2.00. The van der Waals surface area contributed by atoms with Crippen LogP contribution < -0.4 is 0 Å². The van der Waals surface area contributed by atoms with Crippen molar-refractivity contribution in [2.45, 2.75) is 20.8 Å². The fourth-order valence-corrected chi connectivity index (χ4v) is 16.0. The molecule has 7 aromatic heterocycles. The molecular weight excluding hydrogens is 1620 g/mol. The minimum Gasteiger partial charge on any atom is -0.255 e. The van der Waals surface area contributed by atoms with Gasteiger partial charge in [0.1, 0.15) is 0 Å². The van der Waals surface area contributed by atoms with E-state index in [4.69, 9.17) is 59.8 Å². The first kappa shape index (κ1) is 83.4. The van der Waals surface area contributed by atoms with Gasteiger partial charge in [0.05, 0.1) is 39.9 Å². The lowest BCUT2D eigenvalue weighted by Gasteiger charge is -2.13. The van der Waals surface area contributed by atoms with Crippen molar-refractivity contribution >= 4 is 10.8 Å². The Morgan fingerprint density at radius 3 is 0.654 bits per heavy atom. The summed E-state index contributed by atoms with van der Waals surface area (Å²) in [6.07, 6.45) is 1.79. The number of hydrogen-bond acceptors (Lipinski definition) is 13. The van der Waals surface area contributed by atoms with Crippen LogP contribution in [0.5, 0.6) is 0 Å². The molecule has 0 radical (unpaired) electrons. The lowest BCUT2D eigenvalue weighted by atomic mass is 9.96. The van der Waals surface area contributed by atoms with E-state index in [1.54, 1.807) is 6.20 Å². The molecule has 15 aromatic carbocycles. The molecule has 13 heteroatoms. The van der Waals surface area contributed by atoms with E-state index in [0.29, 0.717) is 52.4 Å². The molecule has 13 nitrogen and oxygen atoms in total. The van der Waals surface area contributed by atoms with Crippen LogP contribution in [0.2, 0.25) is 0 Å².